The fourth-order valence-electron chi connectivity index (χ4n) is 8.08. The van der Waals surface area contributed by atoms with Crippen LogP contribution >= 0.6 is 23.7 Å². The molecule has 386 valence electrons. The monoisotopic (exact) mass is 1030 g/mol. The van der Waals surface area contributed by atoms with Gasteiger partial charge in [0.25, 0.3) is 0 Å². The van der Waals surface area contributed by atoms with Crippen LogP contribution in [0.2, 0.25) is 0 Å². The van der Waals surface area contributed by atoms with Crippen LogP contribution in [-0.2, 0) is 32.5 Å². The average Bonchev–Trinajstić information content (AvgIpc) is 3.25. The Kier molecular flexibility index (Phi) is 14.5. The van der Waals surface area contributed by atoms with Crippen LogP contribution in [0.3, 0.4) is 0 Å². The summed E-state index contributed by atoms with van der Waals surface area (Å²) in [7, 11) is -10.7. The van der Waals surface area contributed by atoms with Crippen molar-refractivity contribution in [1.29, 1.82) is 0 Å². The second-order valence-electron chi connectivity index (χ2n) is 25.3. The zero-order chi connectivity index (χ0) is 52.9. The first kappa shape index (κ1) is 54.8. The van der Waals surface area contributed by atoms with Crippen molar-refractivity contribution >= 4 is 23.7 Å². The first-order chi connectivity index (χ1) is 33.1. The second kappa shape index (κ2) is 19.0. The van der Waals surface area contributed by atoms with Gasteiger partial charge in [-0.15, -0.1) is 0 Å². The molecule has 6 aromatic rings. The third kappa shape index (κ3) is 12.7. The SMILES string of the molecule is CC(C)(C)c1ccc(OP2(Oc3ccc(C(C)(C)C)cc3)(Oc3ccc(C(C)(C)C)cc3)N=PNP(Oc3ccc(C(C)(C)C)cc3)(Oc3ccc(C(C)(C)C)cc3)(Oc3ccc(C(C)(C)C)cc3)N2)cc1. The van der Waals surface area contributed by atoms with Crippen LogP contribution < -0.4 is 36.9 Å². The van der Waals surface area contributed by atoms with E-state index >= 15 is 0 Å². The third-order valence-corrected chi connectivity index (χ3v) is 22.0. The van der Waals surface area contributed by atoms with Gasteiger partial charge in [0, 0.05) is 0 Å². The number of benzene rings is 6. The summed E-state index contributed by atoms with van der Waals surface area (Å²) in [6, 6.07) is 48.0. The first-order valence-electron chi connectivity index (χ1n) is 25.0. The van der Waals surface area contributed by atoms with Crippen molar-refractivity contribution in [3.8, 4) is 34.5 Å². The van der Waals surface area contributed by atoms with Gasteiger partial charge in [-0.1, -0.05) is 0 Å². The minimum absolute atomic E-state index is 0.130. The Morgan fingerprint density at radius 1 is 0.292 bits per heavy atom. The van der Waals surface area contributed by atoms with Gasteiger partial charge in [0.05, 0.1) is 0 Å². The Balaban J connectivity index is 1.58. The van der Waals surface area contributed by atoms with Crippen LogP contribution in [0.4, 0.5) is 0 Å². The van der Waals surface area contributed by atoms with E-state index in [-0.39, 0.29) is 41.0 Å². The van der Waals surface area contributed by atoms with Crippen LogP contribution in [-0.4, -0.2) is 0 Å². The Labute approximate surface area is 433 Å². The van der Waals surface area contributed by atoms with Crippen molar-refractivity contribution in [2.45, 2.75) is 157 Å². The molecule has 7 rings (SSSR count). The molecule has 9 nitrogen and oxygen atoms in total. The maximum atomic E-state index is 7.58. The number of hydrogen-bond acceptors (Lipinski definition) is 9. The molecule has 1 heterocycles. The van der Waals surface area contributed by atoms with E-state index in [0.717, 1.165) is 33.4 Å². The zero-order valence-electron chi connectivity index (χ0n) is 46.1. The third-order valence-electron chi connectivity index (χ3n) is 12.7. The summed E-state index contributed by atoms with van der Waals surface area (Å²) in [6.07, 6.45) is 0. The van der Waals surface area contributed by atoms with Crippen molar-refractivity contribution in [2.24, 2.45) is 4.52 Å². The molecule has 0 bridgehead atoms. The topological polar surface area (TPSA) is 91.8 Å². The summed E-state index contributed by atoms with van der Waals surface area (Å²) in [5, 5.41) is 0. The summed E-state index contributed by atoms with van der Waals surface area (Å²) in [4.78, 5) is 7.41. The van der Waals surface area contributed by atoms with E-state index in [1.54, 1.807) is 0 Å². The molecule has 1 aliphatic heterocycles. The summed E-state index contributed by atoms with van der Waals surface area (Å²) >= 11 is 0. The molecule has 0 amide bonds. The van der Waals surface area contributed by atoms with E-state index in [9.17, 15) is 0 Å². The Bertz CT molecular complexity index is 2550. The van der Waals surface area contributed by atoms with Crippen molar-refractivity contribution in [2.75, 3.05) is 0 Å². The van der Waals surface area contributed by atoms with Gasteiger partial charge in [-0.2, -0.15) is 0 Å². The Hall–Kier alpha value is -5.00. The molecule has 0 radical (unpaired) electrons. The van der Waals surface area contributed by atoms with Gasteiger partial charge in [-0.25, -0.2) is 0 Å². The van der Waals surface area contributed by atoms with Crippen molar-refractivity contribution < 1.29 is 27.1 Å². The fourth-order valence-corrected chi connectivity index (χ4v) is 18.4. The molecule has 0 spiro atoms. The number of rotatable bonds is 12. The van der Waals surface area contributed by atoms with Gasteiger partial charge in [0.2, 0.25) is 0 Å². The average molecular weight is 1030 g/mol. The molecule has 6 aromatic carbocycles. The Morgan fingerprint density at radius 3 is 0.653 bits per heavy atom. The van der Waals surface area contributed by atoms with Crippen LogP contribution in [0.1, 0.15) is 158 Å². The summed E-state index contributed by atoms with van der Waals surface area (Å²) in [5.74, 6) is 2.65. The molecule has 0 aromatic heterocycles. The van der Waals surface area contributed by atoms with E-state index in [1.807, 2.05) is 72.8 Å². The minimum atomic E-state index is -5.50. The normalized spacial score (nSPS) is 18.0. The number of hydrogen-bond donors (Lipinski definition) is 2. The molecule has 0 aliphatic carbocycles. The molecular formula is C60H80N3O6P3. The molecule has 1 aliphatic rings. The predicted molar refractivity (Wildman–Crippen MR) is 304 cm³/mol. The number of nitrogens with zero attached hydrogens (tertiary/aromatic N) is 1. The van der Waals surface area contributed by atoms with Gasteiger partial charge in [0.1, 0.15) is 0 Å². The van der Waals surface area contributed by atoms with Crippen LogP contribution in [0, 0.1) is 0 Å². The van der Waals surface area contributed by atoms with Crippen LogP contribution in [0.25, 0.3) is 0 Å². The molecule has 0 saturated heterocycles. The van der Waals surface area contributed by atoms with E-state index in [4.69, 9.17) is 31.7 Å². The van der Waals surface area contributed by atoms with Gasteiger partial charge in [-0.05, 0) is 0 Å². The van der Waals surface area contributed by atoms with Crippen molar-refractivity contribution in [3.05, 3.63) is 179 Å². The molecule has 0 unspecified atom stereocenters. The van der Waals surface area contributed by atoms with Gasteiger partial charge in [0.15, 0.2) is 0 Å². The molecular weight excluding hydrogens is 952 g/mol. The van der Waals surface area contributed by atoms with E-state index in [1.165, 1.54) is 0 Å². The second-order valence-corrected chi connectivity index (χ2v) is 32.4. The summed E-state index contributed by atoms with van der Waals surface area (Å²) in [6.45, 7) is 39.3. The zero-order valence-corrected chi connectivity index (χ0v) is 48.8. The summed E-state index contributed by atoms with van der Waals surface area (Å²) < 4.78 is 50.7. The van der Waals surface area contributed by atoms with E-state index in [0.29, 0.717) is 34.5 Å². The van der Waals surface area contributed by atoms with Crippen molar-refractivity contribution in [3.63, 3.8) is 0 Å². The standard InChI is InChI=1S/C60H80N3O6P3/c1-55(2,3)43-19-31-49(32-20-43)64-71(65-50-33-21-44(22-34-50)56(4,5)6,66-51-35-23-45(24-36-51)57(7,8)9)61-70-62-72(63-71,67-52-37-25-46(26-38-52)58(10,11)12,68-53-39-27-47(28-40-53)59(13,14)15)69-54-41-29-48(30-42-54)60(16,17)18/h19-42,63H,1-18H3,(H,61,62). The molecule has 0 atom stereocenters. The van der Waals surface area contributed by atoms with Gasteiger partial charge < -0.3 is 0 Å². The first-order valence-corrected chi connectivity index (χ1v) is 29.8. The van der Waals surface area contributed by atoms with Crippen molar-refractivity contribution in [1.82, 2.24) is 9.72 Å². The summed E-state index contributed by atoms with van der Waals surface area (Å²) in [5.41, 5.74) is 5.95. The van der Waals surface area contributed by atoms with Crippen LogP contribution in [0.15, 0.2) is 150 Å². The van der Waals surface area contributed by atoms with E-state index < -0.39 is 15.2 Å². The maximum absolute atomic E-state index is 7.58. The van der Waals surface area contributed by atoms with Gasteiger partial charge >= 0.3 is 436 Å². The Morgan fingerprint density at radius 2 is 0.472 bits per heavy atom. The van der Waals surface area contributed by atoms with Gasteiger partial charge in [-0.3, -0.25) is 0 Å². The molecule has 12 heteroatoms. The molecule has 0 fully saturated rings. The molecule has 72 heavy (non-hydrogen) atoms. The van der Waals surface area contributed by atoms with E-state index in [2.05, 4.69) is 207 Å². The number of nitrogens with one attached hydrogen (secondary N) is 2. The quantitative estimate of drug-likeness (QED) is 0.117. The molecule has 0 saturated carbocycles. The predicted octanol–water partition coefficient (Wildman–Crippen LogP) is 18.7. The van der Waals surface area contributed by atoms with Crippen LogP contribution in [0.5, 0.6) is 34.5 Å². The molecule has 2 N–H and O–H groups in total. The fraction of sp³-hybridized carbons (Fsp3) is 0.400.